The molecule has 2 atom stereocenters. The SMILES string of the molecule is C[C@@H]1COCCN1C(=O)C(O)C1CCN(C(=O)OC(C)(C)C)CC1. The Hall–Kier alpha value is -1.34. The van der Waals surface area contributed by atoms with Gasteiger partial charge < -0.3 is 24.4 Å². The number of piperidine rings is 1. The number of carbonyl (C=O) groups excluding carboxylic acids is 2. The van der Waals surface area contributed by atoms with E-state index in [0.717, 1.165) is 0 Å². The standard InChI is InChI=1S/C17H30N2O5/c1-12-11-23-10-9-19(12)15(21)14(20)13-5-7-18(8-6-13)16(22)24-17(2,3)4/h12-14,20H,5-11H2,1-4H3/t12-,14?/m1/s1. The maximum Gasteiger partial charge on any atom is 0.410 e. The second-order valence-corrected chi connectivity index (χ2v) is 7.71. The van der Waals surface area contributed by atoms with E-state index in [0.29, 0.717) is 45.7 Å². The average Bonchev–Trinajstić information content (AvgIpc) is 2.52. The van der Waals surface area contributed by atoms with Crippen LogP contribution in [0.15, 0.2) is 0 Å². The number of morpholine rings is 1. The Kier molecular flexibility index (Phi) is 6.09. The van der Waals surface area contributed by atoms with Crippen LogP contribution in [0, 0.1) is 5.92 Å². The molecule has 24 heavy (non-hydrogen) atoms. The molecule has 0 aromatic carbocycles. The molecule has 1 N–H and O–H groups in total. The third-order valence-corrected chi connectivity index (χ3v) is 4.54. The van der Waals surface area contributed by atoms with E-state index in [1.807, 2.05) is 27.7 Å². The summed E-state index contributed by atoms with van der Waals surface area (Å²) in [6, 6.07) is -0.0113. The minimum absolute atomic E-state index is 0.0113. The molecule has 2 fully saturated rings. The van der Waals surface area contributed by atoms with Crippen molar-refractivity contribution >= 4 is 12.0 Å². The molecule has 138 valence electrons. The summed E-state index contributed by atoms with van der Waals surface area (Å²) in [6.07, 6.45) is -0.134. The molecular formula is C17H30N2O5. The van der Waals surface area contributed by atoms with Gasteiger partial charge in [-0.1, -0.05) is 0 Å². The van der Waals surface area contributed by atoms with Crippen molar-refractivity contribution in [2.75, 3.05) is 32.8 Å². The third kappa shape index (κ3) is 4.83. The maximum atomic E-state index is 12.5. The molecule has 2 saturated heterocycles. The first-order valence-electron chi connectivity index (χ1n) is 8.73. The van der Waals surface area contributed by atoms with Gasteiger partial charge in [-0.2, -0.15) is 0 Å². The molecule has 0 aromatic heterocycles. The van der Waals surface area contributed by atoms with Gasteiger partial charge in [0.2, 0.25) is 0 Å². The number of carbonyl (C=O) groups is 2. The van der Waals surface area contributed by atoms with Gasteiger partial charge >= 0.3 is 6.09 Å². The molecule has 2 aliphatic rings. The predicted molar refractivity (Wildman–Crippen MR) is 88.5 cm³/mol. The summed E-state index contributed by atoms with van der Waals surface area (Å²) >= 11 is 0. The molecule has 2 heterocycles. The zero-order chi connectivity index (χ0) is 17.9. The highest BCUT2D eigenvalue weighted by Crippen LogP contribution is 2.24. The number of aliphatic hydroxyl groups excluding tert-OH is 1. The van der Waals surface area contributed by atoms with Crippen molar-refractivity contribution in [3.63, 3.8) is 0 Å². The van der Waals surface area contributed by atoms with E-state index in [9.17, 15) is 14.7 Å². The highest BCUT2D eigenvalue weighted by Gasteiger charge is 2.36. The third-order valence-electron chi connectivity index (χ3n) is 4.54. The summed E-state index contributed by atoms with van der Waals surface area (Å²) < 4.78 is 10.7. The fourth-order valence-electron chi connectivity index (χ4n) is 3.15. The van der Waals surface area contributed by atoms with Crippen molar-refractivity contribution < 1.29 is 24.2 Å². The van der Waals surface area contributed by atoms with E-state index in [1.165, 1.54) is 0 Å². The number of amides is 2. The molecule has 2 amide bonds. The highest BCUT2D eigenvalue weighted by atomic mass is 16.6. The van der Waals surface area contributed by atoms with Crippen LogP contribution < -0.4 is 0 Å². The zero-order valence-electron chi connectivity index (χ0n) is 15.2. The number of hydrogen-bond donors (Lipinski definition) is 1. The molecule has 0 bridgehead atoms. The van der Waals surface area contributed by atoms with E-state index in [1.54, 1.807) is 9.80 Å². The molecule has 7 heteroatoms. The lowest BCUT2D eigenvalue weighted by Crippen LogP contribution is -2.53. The van der Waals surface area contributed by atoms with Crippen LogP contribution in [0.25, 0.3) is 0 Å². The molecule has 0 aromatic rings. The van der Waals surface area contributed by atoms with Crippen molar-refractivity contribution in [3.8, 4) is 0 Å². The minimum atomic E-state index is -1.01. The maximum absolute atomic E-state index is 12.5. The molecule has 2 rings (SSSR count). The minimum Gasteiger partial charge on any atom is -0.444 e. The molecule has 0 aliphatic carbocycles. The van der Waals surface area contributed by atoms with Crippen molar-refractivity contribution in [1.82, 2.24) is 9.80 Å². The number of nitrogens with zero attached hydrogens (tertiary/aromatic N) is 2. The van der Waals surface area contributed by atoms with E-state index >= 15 is 0 Å². The van der Waals surface area contributed by atoms with Gasteiger partial charge in [-0.05, 0) is 46.5 Å². The van der Waals surface area contributed by atoms with Crippen LogP contribution in [0.5, 0.6) is 0 Å². The first-order chi connectivity index (χ1) is 11.2. The summed E-state index contributed by atoms with van der Waals surface area (Å²) in [5.41, 5.74) is -0.518. The molecule has 7 nitrogen and oxygen atoms in total. The first kappa shape index (κ1) is 19.0. The second-order valence-electron chi connectivity index (χ2n) is 7.71. The number of ether oxygens (including phenoxy) is 2. The quantitative estimate of drug-likeness (QED) is 0.817. The molecule has 0 radical (unpaired) electrons. The number of rotatable bonds is 2. The van der Waals surface area contributed by atoms with Crippen molar-refractivity contribution in [2.24, 2.45) is 5.92 Å². The second kappa shape index (κ2) is 7.70. The fraction of sp³-hybridized carbons (Fsp3) is 0.882. The molecule has 1 unspecified atom stereocenters. The van der Waals surface area contributed by atoms with Crippen LogP contribution in [-0.4, -0.2) is 77.5 Å². The zero-order valence-corrected chi connectivity index (χ0v) is 15.2. The van der Waals surface area contributed by atoms with Crippen molar-refractivity contribution in [3.05, 3.63) is 0 Å². The Morgan fingerprint density at radius 1 is 1.21 bits per heavy atom. The van der Waals surface area contributed by atoms with E-state index in [2.05, 4.69) is 0 Å². The Morgan fingerprint density at radius 2 is 1.83 bits per heavy atom. The normalized spacial score (nSPS) is 24.6. The van der Waals surface area contributed by atoms with Crippen molar-refractivity contribution in [2.45, 2.75) is 58.3 Å². The lowest BCUT2D eigenvalue weighted by Gasteiger charge is -2.38. The van der Waals surface area contributed by atoms with Gasteiger partial charge in [0.25, 0.3) is 5.91 Å². The van der Waals surface area contributed by atoms with Gasteiger partial charge in [0.15, 0.2) is 0 Å². The van der Waals surface area contributed by atoms with Crippen LogP contribution in [0.4, 0.5) is 4.79 Å². The largest absolute Gasteiger partial charge is 0.444 e. The van der Waals surface area contributed by atoms with Gasteiger partial charge in [0.1, 0.15) is 11.7 Å². The molecule has 0 saturated carbocycles. The summed E-state index contributed by atoms with van der Waals surface area (Å²) in [5.74, 6) is -0.340. The van der Waals surface area contributed by atoms with Crippen LogP contribution in [0.3, 0.4) is 0 Å². The van der Waals surface area contributed by atoms with Gasteiger partial charge in [0.05, 0.1) is 19.3 Å². The monoisotopic (exact) mass is 342 g/mol. The summed E-state index contributed by atoms with van der Waals surface area (Å²) in [5, 5.41) is 10.5. The number of likely N-dealkylation sites (tertiary alicyclic amines) is 1. The van der Waals surface area contributed by atoms with Gasteiger partial charge in [-0.15, -0.1) is 0 Å². The topological polar surface area (TPSA) is 79.3 Å². The van der Waals surface area contributed by atoms with Crippen LogP contribution >= 0.6 is 0 Å². The lowest BCUT2D eigenvalue weighted by molar-refractivity contribution is -0.152. The Labute approximate surface area is 143 Å². The van der Waals surface area contributed by atoms with Crippen molar-refractivity contribution in [1.29, 1.82) is 0 Å². The number of aliphatic hydroxyl groups is 1. The van der Waals surface area contributed by atoms with E-state index in [4.69, 9.17) is 9.47 Å². The van der Waals surface area contributed by atoms with Gasteiger partial charge in [-0.3, -0.25) is 4.79 Å². The first-order valence-corrected chi connectivity index (χ1v) is 8.73. The van der Waals surface area contributed by atoms with Crippen LogP contribution in [0.2, 0.25) is 0 Å². The fourth-order valence-corrected chi connectivity index (χ4v) is 3.15. The van der Waals surface area contributed by atoms with Crippen LogP contribution in [0.1, 0.15) is 40.5 Å². The summed E-state index contributed by atoms with van der Waals surface area (Å²) in [6.45, 7) is 9.99. The number of hydrogen-bond acceptors (Lipinski definition) is 5. The smallest absolute Gasteiger partial charge is 0.410 e. The lowest BCUT2D eigenvalue weighted by atomic mass is 9.90. The summed E-state index contributed by atoms with van der Waals surface area (Å²) in [7, 11) is 0. The van der Waals surface area contributed by atoms with Gasteiger partial charge in [-0.25, -0.2) is 4.79 Å². The molecule has 0 spiro atoms. The predicted octanol–water partition coefficient (Wildman–Crippen LogP) is 1.24. The molecular weight excluding hydrogens is 312 g/mol. The highest BCUT2D eigenvalue weighted by molar-refractivity contribution is 5.81. The Bertz CT molecular complexity index is 454. The molecule has 2 aliphatic heterocycles. The average molecular weight is 342 g/mol. The Morgan fingerprint density at radius 3 is 2.38 bits per heavy atom. The van der Waals surface area contributed by atoms with E-state index in [-0.39, 0.29) is 24.0 Å². The summed E-state index contributed by atoms with van der Waals surface area (Å²) in [4.78, 5) is 27.9. The van der Waals surface area contributed by atoms with E-state index < -0.39 is 11.7 Å². The van der Waals surface area contributed by atoms with Crippen LogP contribution in [-0.2, 0) is 14.3 Å². The Balaban J connectivity index is 1.85. The van der Waals surface area contributed by atoms with Gasteiger partial charge in [0, 0.05) is 19.6 Å².